The highest BCUT2D eigenvalue weighted by atomic mass is 32.2. The van der Waals surface area contributed by atoms with E-state index in [1.165, 1.54) is 4.90 Å². The Morgan fingerprint density at radius 3 is 2.72 bits per heavy atom. The van der Waals surface area contributed by atoms with Gasteiger partial charge >= 0.3 is 6.03 Å². The zero-order chi connectivity index (χ0) is 13.0. The number of guanidine groups is 1. The van der Waals surface area contributed by atoms with Gasteiger partial charge in [-0.1, -0.05) is 0 Å². The average molecular weight is 271 g/mol. The highest BCUT2D eigenvalue weighted by Gasteiger charge is 2.27. The van der Waals surface area contributed by atoms with Crippen LogP contribution in [0.25, 0.3) is 0 Å². The lowest BCUT2D eigenvalue weighted by Gasteiger charge is -2.27. The van der Waals surface area contributed by atoms with E-state index in [0.29, 0.717) is 12.5 Å². The summed E-state index contributed by atoms with van der Waals surface area (Å²) in [5, 5.41) is 2.47. The highest BCUT2D eigenvalue weighted by Crippen LogP contribution is 2.08. The van der Waals surface area contributed by atoms with Crippen molar-refractivity contribution in [1.82, 2.24) is 15.1 Å². The van der Waals surface area contributed by atoms with Crippen molar-refractivity contribution in [2.24, 2.45) is 10.7 Å². The molecule has 2 heterocycles. The highest BCUT2D eigenvalue weighted by molar-refractivity contribution is 7.99. The molecule has 18 heavy (non-hydrogen) atoms. The summed E-state index contributed by atoms with van der Waals surface area (Å²) < 4.78 is 0. The summed E-state index contributed by atoms with van der Waals surface area (Å²) in [5.74, 6) is 2.41. The maximum Gasteiger partial charge on any atom is 0.324 e. The monoisotopic (exact) mass is 271 g/mol. The Morgan fingerprint density at radius 1 is 1.39 bits per heavy atom. The molecule has 2 rings (SSSR count). The van der Waals surface area contributed by atoms with E-state index in [2.05, 4.69) is 10.3 Å². The van der Waals surface area contributed by atoms with Crippen molar-refractivity contribution in [3.8, 4) is 0 Å². The van der Waals surface area contributed by atoms with E-state index in [9.17, 15) is 9.59 Å². The summed E-state index contributed by atoms with van der Waals surface area (Å²) in [6.45, 7) is 2.54. The van der Waals surface area contributed by atoms with Crippen LogP contribution in [0.15, 0.2) is 4.99 Å². The van der Waals surface area contributed by atoms with Crippen LogP contribution >= 0.6 is 11.8 Å². The molecule has 0 bridgehead atoms. The molecule has 2 fully saturated rings. The van der Waals surface area contributed by atoms with Crippen molar-refractivity contribution in [2.45, 2.75) is 0 Å². The zero-order valence-corrected chi connectivity index (χ0v) is 10.9. The van der Waals surface area contributed by atoms with Crippen LogP contribution in [0, 0.1) is 0 Å². The number of carbonyl (C=O) groups excluding carboxylic acids is 2. The van der Waals surface area contributed by atoms with Gasteiger partial charge in [0, 0.05) is 24.6 Å². The summed E-state index contributed by atoms with van der Waals surface area (Å²) in [6.07, 6.45) is 0. The minimum absolute atomic E-state index is 0.0847. The fourth-order valence-corrected chi connectivity index (χ4v) is 2.74. The molecule has 0 aromatic heterocycles. The Hall–Kier alpha value is -1.44. The van der Waals surface area contributed by atoms with Crippen LogP contribution in [0.5, 0.6) is 0 Å². The number of amides is 3. The number of aliphatic imine (C=N–C) groups is 1. The number of imide groups is 1. The van der Waals surface area contributed by atoms with Gasteiger partial charge in [-0.05, 0) is 0 Å². The quantitative estimate of drug-likeness (QED) is 0.386. The third kappa shape index (κ3) is 3.06. The van der Waals surface area contributed by atoms with Gasteiger partial charge < -0.3 is 16.0 Å². The molecule has 3 amide bonds. The fraction of sp³-hybridized carbons (Fsp3) is 0.700. The number of thioether (sulfide) groups is 1. The summed E-state index contributed by atoms with van der Waals surface area (Å²) in [5.41, 5.74) is 5.87. The number of carbonyl (C=O) groups is 2. The number of urea groups is 1. The molecule has 0 radical (unpaired) electrons. The topological polar surface area (TPSA) is 91.0 Å². The van der Waals surface area contributed by atoms with E-state index in [1.807, 2.05) is 16.7 Å². The number of nitrogens with two attached hydrogens (primary N) is 1. The fourth-order valence-electron chi connectivity index (χ4n) is 1.84. The molecular weight excluding hydrogens is 254 g/mol. The molecule has 7 nitrogen and oxygen atoms in total. The lowest BCUT2D eigenvalue weighted by Crippen LogP contribution is -2.43. The first-order chi connectivity index (χ1) is 8.68. The van der Waals surface area contributed by atoms with Gasteiger partial charge in [-0.2, -0.15) is 11.8 Å². The first-order valence-corrected chi connectivity index (χ1v) is 7.05. The Labute approximate surface area is 110 Å². The van der Waals surface area contributed by atoms with Crippen molar-refractivity contribution in [2.75, 3.05) is 44.2 Å². The molecule has 8 heteroatoms. The molecule has 0 atom stereocenters. The lowest BCUT2D eigenvalue weighted by atomic mass is 10.5. The van der Waals surface area contributed by atoms with Crippen LogP contribution in [0.2, 0.25) is 0 Å². The van der Waals surface area contributed by atoms with Gasteiger partial charge in [0.2, 0.25) is 5.91 Å². The predicted molar refractivity (Wildman–Crippen MR) is 70.5 cm³/mol. The van der Waals surface area contributed by atoms with Gasteiger partial charge in [-0.15, -0.1) is 0 Å². The molecule has 0 aromatic rings. The molecule has 0 saturated carbocycles. The van der Waals surface area contributed by atoms with Gasteiger partial charge in [0.1, 0.15) is 0 Å². The maximum absolute atomic E-state index is 11.3. The smallest absolute Gasteiger partial charge is 0.324 e. The maximum atomic E-state index is 11.3. The summed E-state index contributed by atoms with van der Waals surface area (Å²) in [7, 11) is 0. The van der Waals surface area contributed by atoms with Gasteiger partial charge in [0.25, 0.3) is 0 Å². The van der Waals surface area contributed by atoms with Gasteiger partial charge in [0.15, 0.2) is 5.96 Å². The van der Waals surface area contributed by atoms with E-state index >= 15 is 0 Å². The van der Waals surface area contributed by atoms with Crippen molar-refractivity contribution < 1.29 is 9.59 Å². The Balaban J connectivity index is 1.79. The second-order valence-electron chi connectivity index (χ2n) is 4.04. The molecule has 0 aromatic carbocycles. The van der Waals surface area contributed by atoms with Crippen molar-refractivity contribution >= 4 is 29.7 Å². The van der Waals surface area contributed by atoms with Gasteiger partial charge in [0.05, 0.1) is 19.6 Å². The third-order valence-corrected chi connectivity index (χ3v) is 3.81. The van der Waals surface area contributed by atoms with Crippen molar-refractivity contribution in [1.29, 1.82) is 0 Å². The van der Waals surface area contributed by atoms with Crippen LogP contribution in [-0.2, 0) is 4.79 Å². The van der Waals surface area contributed by atoms with Gasteiger partial charge in [-0.3, -0.25) is 14.7 Å². The van der Waals surface area contributed by atoms with Crippen LogP contribution in [0.4, 0.5) is 4.79 Å². The first-order valence-electron chi connectivity index (χ1n) is 5.89. The number of nitrogens with one attached hydrogen (secondary N) is 1. The van der Waals surface area contributed by atoms with Crippen LogP contribution in [-0.4, -0.2) is 71.9 Å². The van der Waals surface area contributed by atoms with Crippen molar-refractivity contribution in [3.05, 3.63) is 0 Å². The Kier molecular flexibility index (Phi) is 4.29. The first kappa shape index (κ1) is 13.0. The number of nitrogens with zero attached hydrogens (tertiary/aromatic N) is 3. The van der Waals surface area contributed by atoms with E-state index in [-0.39, 0.29) is 25.0 Å². The predicted octanol–water partition coefficient (Wildman–Crippen LogP) is -1.10. The van der Waals surface area contributed by atoms with Crippen LogP contribution in [0.1, 0.15) is 0 Å². The molecule has 0 spiro atoms. The molecule has 0 aliphatic carbocycles. The third-order valence-electron chi connectivity index (χ3n) is 2.87. The summed E-state index contributed by atoms with van der Waals surface area (Å²) in [6, 6.07) is -0.344. The van der Waals surface area contributed by atoms with E-state index < -0.39 is 0 Å². The second-order valence-corrected chi connectivity index (χ2v) is 5.27. The molecule has 2 aliphatic heterocycles. The molecule has 100 valence electrons. The number of rotatable bonds is 3. The summed E-state index contributed by atoms with van der Waals surface area (Å²) >= 11 is 1.90. The molecule has 2 saturated heterocycles. The number of hydrogen-bond donors (Lipinski definition) is 2. The van der Waals surface area contributed by atoms with Crippen molar-refractivity contribution in [3.63, 3.8) is 0 Å². The second kappa shape index (κ2) is 5.94. The lowest BCUT2D eigenvalue weighted by molar-refractivity contribution is -0.124. The normalized spacial score (nSPS) is 21.4. The minimum Gasteiger partial charge on any atom is -0.370 e. The average Bonchev–Trinajstić information content (AvgIpc) is 2.71. The standard InChI is InChI=1S/C10H17N5O2S/c11-9(14-3-5-18-6-4-14)12-1-2-15-8(16)7-13-10(15)17/h1-7H2,(H2,11,12)(H,13,17). The zero-order valence-electron chi connectivity index (χ0n) is 10.1. The van der Waals surface area contributed by atoms with E-state index in [0.717, 1.165) is 24.6 Å². The molecule has 3 N–H and O–H groups in total. The number of hydrogen-bond acceptors (Lipinski definition) is 4. The van der Waals surface area contributed by atoms with E-state index in [1.54, 1.807) is 0 Å². The SMILES string of the molecule is NC(=NCCN1C(=O)CNC1=O)N1CCSCC1. The molecule has 2 aliphatic rings. The largest absolute Gasteiger partial charge is 0.370 e. The Morgan fingerprint density at radius 2 is 2.11 bits per heavy atom. The van der Waals surface area contributed by atoms with Crippen LogP contribution < -0.4 is 11.1 Å². The minimum atomic E-state index is -0.344. The van der Waals surface area contributed by atoms with Gasteiger partial charge in [-0.25, -0.2) is 4.79 Å². The molecule has 0 unspecified atom stereocenters. The molecular formula is C10H17N5O2S. The Bertz CT molecular complexity index is 351. The van der Waals surface area contributed by atoms with Crippen LogP contribution in [0.3, 0.4) is 0 Å². The summed E-state index contributed by atoms with van der Waals surface area (Å²) in [4.78, 5) is 30.0. The van der Waals surface area contributed by atoms with E-state index in [4.69, 9.17) is 5.73 Å².